The number of hydrogen-bond acceptors (Lipinski definition) is 9. The van der Waals surface area contributed by atoms with Crippen LogP contribution in [0.5, 0.6) is 0 Å². The van der Waals surface area contributed by atoms with E-state index in [1.165, 1.54) is 25.7 Å². The van der Waals surface area contributed by atoms with E-state index in [4.69, 9.17) is 0 Å². The molecule has 2 aromatic heterocycles. The number of hydrogen-bond donors (Lipinski definition) is 4. The van der Waals surface area contributed by atoms with Crippen molar-refractivity contribution in [1.82, 2.24) is 39.8 Å². The van der Waals surface area contributed by atoms with Gasteiger partial charge in [0.05, 0.1) is 35.1 Å². The Kier molecular flexibility index (Phi) is 12.9. The number of nitrogens with one attached hydrogen (secondary N) is 4. The van der Waals surface area contributed by atoms with Gasteiger partial charge in [0.15, 0.2) is 0 Å². The van der Waals surface area contributed by atoms with Gasteiger partial charge < -0.3 is 31.1 Å². The normalized spacial score (nSPS) is 14.3. The SMILES string of the molecule is O=C(CCCN1CCCC1)Nc1cccc(-n2cc(-c3ccccc3NC(=O)Nc3ccccc3-c3cn(-c4cccc(NC(=O)CCCN5CCCC5)c4)nn3)nn2)c1. The quantitative estimate of drug-likeness (QED) is 0.0777. The van der Waals surface area contributed by atoms with Crippen LogP contribution in [0.15, 0.2) is 109 Å². The first kappa shape index (κ1) is 40.1. The first-order chi connectivity index (χ1) is 29.4. The third-order valence-electron chi connectivity index (χ3n) is 10.8. The molecule has 15 heteroatoms. The molecule has 0 unspecified atom stereocenters. The van der Waals surface area contributed by atoms with E-state index in [-0.39, 0.29) is 11.8 Å². The van der Waals surface area contributed by atoms with Gasteiger partial charge >= 0.3 is 6.03 Å². The summed E-state index contributed by atoms with van der Waals surface area (Å²) in [6, 6.07) is 29.3. The van der Waals surface area contributed by atoms with Gasteiger partial charge in [-0.3, -0.25) is 9.59 Å². The van der Waals surface area contributed by atoms with Crippen LogP contribution in [0.2, 0.25) is 0 Å². The van der Waals surface area contributed by atoms with E-state index in [1.807, 2.05) is 84.9 Å². The monoisotopic (exact) mass is 806 g/mol. The van der Waals surface area contributed by atoms with Crippen LogP contribution >= 0.6 is 0 Å². The highest BCUT2D eigenvalue weighted by atomic mass is 16.2. The van der Waals surface area contributed by atoms with Gasteiger partial charge in [-0.1, -0.05) is 59.0 Å². The largest absolute Gasteiger partial charge is 0.326 e. The van der Waals surface area contributed by atoms with E-state index >= 15 is 0 Å². The highest BCUT2D eigenvalue weighted by Crippen LogP contribution is 2.30. The van der Waals surface area contributed by atoms with Crippen LogP contribution < -0.4 is 21.3 Å². The maximum Gasteiger partial charge on any atom is 0.323 e. The molecule has 2 saturated heterocycles. The van der Waals surface area contributed by atoms with Crippen LogP contribution in [0.4, 0.5) is 27.5 Å². The number of para-hydroxylation sites is 2. The van der Waals surface area contributed by atoms with Crippen molar-refractivity contribution in [2.45, 2.75) is 51.4 Å². The minimum absolute atomic E-state index is 0.0136. The molecule has 2 aliphatic rings. The zero-order chi connectivity index (χ0) is 41.1. The zero-order valence-electron chi connectivity index (χ0n) is 33.6. The first-order valence-electron chi connectivity index (χ1n) is 20.8. The van der Waals surface area contributed by atoms with Gasteiger partial charge in [-0.15, -0.1) is 10.2 Å². The van der Waals surface area contributed by atoms with E-state index in [9.17, 15) is 14.4 Å². The average molecular weight is 807 g/mol. The topological polar surface area (TPSA) is 167 Å². The number of urea groups is 1. The van der Waals surface area contributed by atoms with E-state index in [0.29, 0.717) is 58.1 Å². The Morgan fingerprint density at radius 2 is 0.950 bits per heavy atom. The molecule has 4 aromatic carbocycles. The molecule has 15 nitrogen and oxygen atoms in total. The number of aromatic nitrogens is 6. The van der Waals surface area contributed by atoms with Gasteiger partial charge in [-0.25, -0.2) is 14.2 Å². The number of carbonyl (C=O) groups excluding carboxylic acids is 3. The fourth-order valence-corrected chi connectivity index (χ4v) is 7.77. The van der Waals surface area contributed by atoms with Crippen LogP contribution in [0.25, 0.3) is 33.9 Å². The highest BCUT2D eigenvalue weighted by Gasteiger charge is 2.17. The second-order valence-electron chi connectivity index (χ2n) is 15.3. The third kappa shape index (κ3) is 10.5. The summed E-state index contributed by atoms with van der Waals surface area (Å²) in [6.45, 7) is 6.39. The maximum atomic E-state index is 13.5. The number of rotatable bonds is 16. The number of amides is 4. The summed E-state index contributed by atoms with van der Waals surface area (Å²) in [5.41, 5.74) is 6.39. The Morgan fingerprint density at radius 3 is 1.40 bits per heavy atom. The van der Waals surface area contributed by atoms with Gasteiger partial charge in [-0.05, 0) is 126 Å². The van der Waals surface area contributed by atoms with Crippen molar-refractivity contribution < 1.29 is 14.4 Å². The molecule has 308 valence electrons. The average Bonchev–Trinajstić information content (AvgIpc) is 4.11. The Bertz CT molecular complexity index is 2250. The summed E-state index contributed by atoms with van der Waals surface area (Å²) >= 11 is 0. The smallest absolute Gasteiger partial charge is 0.323 e. The molecule has 0 bridgehead atoms. The van der Waals surface area contributed by atoms with Crippen LogP contribution in [0.3, 0.4) is 0 Å². The van der Waals surface area contributed by atoms with Gasteiger partial charge in [0.1, 0.15) is 11.4 Å². The fraction of sp³-hybridized carbons (Fsp3) is 0.311. The van der Waals surface area contributed by atoms with Crippen LogP contribution in [-0.2, 0) is 9.59 Å². The molecule has 0 atom stereocenters. The summed E-state index contributed by atoms with van der Waals surface area (Å²) < 4.78 is 3.28. The van der Waals surface area contributed by atoms with E-state index in [0.717, 1.165) is 63.5 Å². The molecule has 0 saturated carbocycles. The fourth-order valence-electron chi connectivity index (χ4n) is 7.77. The van der Waals surface area contributed by atoms with Gasteiger partial charge in [-0.2, -0.15) is 0 Å². The molecule has 6 aromatic rings. The van der Waals surface area contributed by atoms with Crippen molar-refractivity contribution in [3.05, 3.63) is 109 Å². The summed E-state index contributed by atoms with van der Waals surface area (Å²) in [6.07, 6.45) is 11.1. The Morgan fingerprint density at radius 1 is 0.517 bits per heavy atom. The lowest BCUT2D eigenvalue weighted by Crippen LogP contribution is -2.22. The first-order valence-corrected chi connectivity index (χ1v) is 20.8. The molecular formula is C45H50N12O3. The van der Waals surface area contributed by atoms with Crippen LogP contribution in [-0.4, -0.2) is 96.9 Å². The minimum Gasteiger partial charge on any atom is -0.326 e. The molecule has 2 aliphatic heterocycles. The summed E-state index contributed by atoms with van der Waals surface area (Å²) in [7, 11) is 0. The molecule has 4 amide bonds. The molecule has 2 fully saturated rings. The Labute approximate surface area is 349 Å². The van der Waals surface area contributed by atoms with Gasteiger partial charge in [0.2, 0.25) is 11.8 Å². The van der Waals surface area contributed by atoms with Crippen molar-refractivity contribution in [1.29, 1.82) is 0 Å². The number of likely N-dealkylation sites (tertiary alicyclic amines) is 2. The number of nitrogens with zero attached hydrogens (tertiary/aromatic N) is 8. The van der Waals surface area contributed by atoms with Crippen molar-refractivity contribution in [2.75, 3.05) is 60.5 Å². The highest BCUT2D eigenvalue weighted by molar-refractivity contribution is 6.04. The van der Waals surface area contributed by atoms with E-state index in [2.05, 4.69) is 51.7 Å². The molecule has 0 radical (unpaired) electrons. The predicted octanol–water partition coefficient (Wildman–Crippen LogP) is 7.46. The van der Waals surface area contributed by atoms with E-state index in [1.54, 1.807) is 33.9 Å². The minimum atomic E-state index is -0.456. The molecule has 4 heterocycles. The molecular weight excluding hydrogens is 757 g/mol. The third-order valence-corrected chi connectivity index (χ3v) is 10.8. The second-order valence-corrected chi connectivity index (χ2v) is 15.3. The predicted molar refractivity (Wildman–Crippen MR) is 233 cm³/mol. The lowest BCUT2D eigenvalue weighted by Gasteiger charge is -2.14. The Balaban J connectivity index is 0.885. The maximum absolute atomic E-state index is 13.5. The number of benzene rings is 4. The van der Waals surface area contributed by atoms with Crippen molar-refractivity contribution in [3.63, 3.8) is 0 Å². The zero-order valence-corrected chi connectivity index (χ0v) is 33.6. The standard InChI is InChI=1S/C45H50N12O3/c58-43(21-11-27-54-23-5-6-24-54)46-33-13-9-15-35(29-33)56-31-41(50-52-56)37-17-1-3-19-39(37)48-45(60)49-40-20-4-2-18-38(40)42-32-57(53-51-42)36-16-10-14-34(30-36)47-44(59)22-12-28-55-25-7-8-26-55/h1-4,9-10,13-20,29-32H,5-8,11-12,21-28H2,(H,46,58)(H,47,59)(H2,48,49,60). The lowest BCUT2D eigenvalue weighted by atomic mass is 10.1. The van der Waals surface area contributed by atoms with Crippen molar-refractivity contribution >= 4 is 40.6 Å². The lowest BCUT2D eigenvalue weighted by molar-refractivity contribution is -0.117. The van der Waals surface area contributed by atoms with Crippen LogP contribution in [0.1, 0.15) is 51.4 Å². The summed E-state index contributed by atoms with van der Waals surface area (Å²) in [4.78, 5) is 43.7. The van der Waals surface area contributed by atoms with Crippen LogP contribution in [0, 0.1) is 0 Å². The molecule has 60 heavy (non-hydrogen) atoms. The Hall–Kier alpha value is -6.71. The van der Waals surface area contributed by atoms with Crippen molar-refractivity contribution in [2.24, 2.45) is 0 Å². The summed E-state index contributed by atoms with van der Waals surface area (Å²) in [5, 5.41) is 29.5. The second kappa shape index (κ2) is 19.4. The summed E-state index contributed by atoms with van der Waals surface area (Å²) in [5.74, 6) is -0.0273. The number of carbonyl (C=O) groups is 3. The van der Waals surface area contributed by atoms with Crippen molar-refractivity contribution in [3.8, 4) is 33.9 Å². The number of anilines is 4. The van der Waals surface area contributed by atoms with Gasteiger partial charge in [0.25, 0.3) is 0 Å². The molecule has 0 aliphatic carbocycles. The van der Waals surface area contributed by atoms with E-state index < -0.39 is 6.03 Å². The molecule has 0 spiro atoms. The van der Waals surface area contributed by atoms with Gasteiger partial charge in [0, 0.05) is 35.3 Å². The molecule has 8 rings (SSSR count). The molecule has 4 N–H and O–H groups in total.